The molecule has 106 valence electrons. The Balaban J connectivity index is 0.00000180. The van der Waals surface area contributed by atoms with Gasteiger partial charge in [0.05, 0.1) is 6.04 Å². The van der Waals surface area contributed by atoms with Crippen LogP contribution in [0.4, 0.5) is 8.78 Å². The zero-order valence-electron chi connectivity index (χ0n) is 11.0. The molecule has 1 aromatic rings. The number of benzene rings is 1. The second-order valence-electron chi connectivity index (χ2n) is 4.56. The molecule has 0 saturated carbocycles. The van der Waals surface area contributed by atoms with E-state index in [0.29, 0.717) is 5.56 Å². The average molecular weight is 289 g/mol. The lowest BCUT2D eigenvalue weighted by Gasteiger charge is -2.33. The molecule has 19 heavy (non-hydrogen) atoms. The van der Waals surface area contributed by atoms with E-state index in [1.54, 1.807) is 13.0 Å². The van der Waals surface area contributed by atoms with Crippen molar-refractivity contribution in [3.63, 3.8) is 0 Å². The minimum atomic E-state index is -0.499. The maximum absolute atomic E-state index is 14.1. The first-order chi connectivity index (χ1) is 8.65. The van der Waals surface area contributed by atoms with Crippen molar-refractivity contribution in [3.05, 3.63) is 47.5 Å². The summed E-state index contributed by atoms with van der Waals surface area (Å²) in [6.07, 6.45) is 1.62. The Kier molecular flexibility index (Phi) is 5.91. The molecule has 1 fully saturated rings. The standard InChI is InChI=1S/C14H18F2N2.ClH/c1-3-12(18-8-6-17-7-9-18)13-11(15)5-4-10(2)14(13)16;/h3-5,12,17H,1,6-9H2,2H3;1H/t12-;/m1./s1. The molecule has 0 aromatic heterocycles. The first-order valence-electron chi connectivity index (χ1n) is 6.17. The lowest BCUT2D eigenvalue weighted by Crippen LogP contribution is -2.45. The molecule has 1 aromatic carbocycles. The zero-order chi connectivity index (χ0) is 13.1. The summed E-state index contributed by atoms with van der Waals surface area (Å²) >= 11 is 0. The summed E-state index contributed by atoms with van der Waals surface area (Å²) in [6.45, 7) is 8.58. The van der Waals surface area contributed by atoms with Gasteiger partial charge in [0.15, 0.2) is 0 Å². The second-order valence-corrected chi connectivity index (χ2v) is 4.56. The molecule has 1 N–H and O–H groups in total. The molecule has 1 aliphatic heterocycles. The van der Waals surface area contributed by atoms with Gasteiger partial charge in [-0.15, -0.1) is 19.0 Å². The number of aryl methyl sites for hydroxylation is 1. The molecule has 5 heteroatoms. The van der Waals surface area contributed by atoms with Crippen LogP contribution in [-0.4, -0.2) is 31.1 Å². The number of nitrogens with one attached hydrogen (secondary N) is 1. The van der Waals surface area contributed by atoms with E-state index >= 15 is 0 Å². The first-order valence-corrected chi connectivity index (χ1v) is 6.17. The summed E-state index contributed by atoms with van der Waals surface area (Å²) in [5.41, 5.74) is 0.584. The van der Waals surface area contributed by atoms with Crippen molar-refractivity contribution in [2.75, 3.05) is 26.2 Å². The molecule has 0 radical (unpaired) electrons. The van der Waals surface area contributed by atoms with E-state index in [1.807, 2.05) is 4.90 Å². The van der Waals surface area contributed by atoms with Crippen molar-refractivity contribution in [2.45, 2.75) is 13.0 Å². The summed E-state index contributed by atoms with van der Waals surface area (Å²) in [5, 5.41) is 3.22. The fourth-order valence-electron chi connectivity index (χ4n) is 2.36. The molecule has 1 aliphatic rings. The third-order valence-corrected chi connectivity index (χ3v) is 3.38. The lowest BCUT2D eigenvalue weighted by atomic mass is 10.0. The van der Waals surface area contributed by atoms with Crippen LogP contribution < -0.4 is 5.32 Å². The van der Waals surface area contributed by atoms with Crippen molar-refractivity contribution < 1.29 is 8.78 Å². The smallest absolute Gasteiger partial charge is 0.134 e. The SMILES string of the molecule is C=C[C@H](c1c(F)ccc(C)c1F)N1CCNCC1.Cl. The molecule has 1 saturated heterocycles. The van der Waals surface area contributed by atoms with Crippen molar-refractivity contribution in [1.82, 2.24) is 10.2 Å². The Hall–Kier alpha value is -0.970. The van der Waals surface area contributed by atoms with Crippen LogP contribution in [0.25, 0.3) is 0 Å². The van der Waals surface area contributed by atoms with E-state index in [-0.39, 0.29) is 18.0 Å². The highest BCUT2D eigenvalue weighted by molar-refractivity contribution is 5.85. The lowest BCUT2D eigenvalue weighted by molar-refractivity contribution is 0.197. The van der Waals surface area contributed by atoms with Crippen LogP contribution in [0.15, 0.2) is 24.8 Å². The Bertz CT molecular complexity index is 445. The van der Waals surface area contributed by atoms with Gasteiger partial charge < -0.3 is 5.32 Å². The highest BCUT2D eigenvalue weighted by atomic mass is 35.5. The van der Waals surface area contributed by atoms with Crippen molar-refractivity contribution in [3.8, 4) is 0 Å². The van der Waals surface area contributed by atoms with Gasteiger partial charge in [0.25, 0.3) is 0 Å². The summed E-state index contributed by atoms with van der Waals surface area (Å²) in [5.74, 6) is -0.958. The highest BCUT2D eigenvalue weighted by Crippen LogP contribution is 2.28. The minimum Gasteiger partial charge on any atom is -0.314 e. The number of nitrogens with zero attached hydrogens (tertiary/aromatic N) is 1. The van der Waals surface area contributed by atoms with Gasteiger partial charge in [-0.3, -0.25) is 4.90 Å². The van der Waals surface area contributed by atoms with Gasteiger partial charge >= 0.3 is 0 Å². The molecule has 0 spiro atoms. The summed E-state index contributed by atoms with van der Waals surface area (Å²) in [4.78, 5) is 2.05. The van der Waals surface area contributed by atoms with Gasteiger partial charge in [-0.2, -0.15) is 0 Å². The Morgan fingerprint density at radius 2 is 1.95 bits per heavy atom. The van der Waals surface area contributed by atoms with Gasteiger partial charge in [0.2, 0.25) is 0 Å². The molecular formula is C14H19ClF2N2. The largest absolute Gasteiger partial charge is 0.314 e. The van der Waals surface area contributed by atoms with E-state index < -0.39 is 17.7 Å². The van der Waals surface area contributed by atoms with Gasteiger partial charge in [-0.25, -0.2) is 8.78 Å². The van der Waals surface area contributed by atoms with Gasteiger partial charge in [0, 0.05) is 31.7 Å². The Morgan fingerprint density at radius 1 is 1.32 bits per heavy atom. The van der Waals surface area contributed by atoms with E-state index in [1.165, 1.54) is 12.1 Å². The second kappa shape index (κ2) is 6.98. The predicted molar refractivity (Wildman–Crippen MR) is 75.7 cm³/mol. The van der Waals surface area contributed by atoms with E-state index in [9.17, 15) is 8.78 Å². The Labute approximate surface area is 118 Å². The predicted octanol–water partition coefficient (Wildman–Crippen LogP) is 2.83. The van der Waals surface area contributed by atoms with Gasteiger partial charge in [0.1, 0.15) is 11.6 Å². The topological polar surface area (TPSA) is 15.3 Å². The van der Waals surface area contributed by atoms with Crippen LogP contribution in [0.1, 0.15) is 17.2 Å². The van der Waals surface area contributed by atoms with E-state index in [0.717, 1.165) is 26.2 Å². The summed E-state index contributed by atoms with van der Waals surface area (Å²) in [7, 11) is 0. The van der Waals surface area contributed by atoms with Crippen molar-refractivity contribution in [2.24, 2.45) is 0 Å². The maximum Gasteiger partial charge on any atom is 0.134 e. The van der Waals surface area contributed by atoms with Crippen LogP contribution in [-0.2, 0) is 0 Å². The number of rotatable bonds is 3. The number of hydrogen-bond donors (Lipinski definition) is 1. The zero-order valence-corrected chi connectivity index (χ0v) is 11.8. The first kappa shape index (κ1) is 16.1. The van der Waals surface area contributed by atoms with Crippen LogP contribution in [0.2, 0.25) is 0 Å². The van der Waals surface area contributed by atoms with Crippen LogP contribution in [0.3, 0.4) is 0 Å². The average Bonchev–Trinajstić information content (AvgIpc) is 2.40. The van der Waals surface area contributed by atoms with Crippen molar-refractivity contribution in [1.29, 1.82) is 0 Å². The quantitative estimate of drug-likeness (QED) is 0.861. The number of hydrogen-bond acceptors (Lipinski definition) is 2. The Morgan fingerprint density at radius 3 is 2.53 bits per heavy atom. The molecule has 2 rings (SSSR count). The molecule has 0 unspecified atom stereocenters. The molecular weight excluding hydrogens is 270 g/mol. The number of halogens is 3. The van der Waals surface area contributed by atoms with Crippen LogP contribution in [0.5, 0.6) is 0 Å². The molecule has 0 amide bonds. The van der Waals surface area contributed by atoms with E-state index in [2.05, 4.69) is 11.9 Å². The third-order valence-electron chi connectivity index (χ3n) is 3.38. The monoisotopic (exact) mass is 288 g/mol. The van der Waals surface area contributed by atoms with Crippen LogP contribution in [0, 0.1) is 18.6 Å². The molecule has 0 aliphatic carbocycles. The fraction of sp³-hybridized carbons (Fsp3) is 0.429. The molecule has 0 bridgehead atoms. The van der Waals surface area contributed by atoms with Gasteiger partial charge in [-0.1, -0.05) is 12.1 Å². The normalized spacial score (nSPS) is 17.6. The minimum absolute atomic E-state index is 0. The van der Waals surface area contributed by atoms with Crippen LogP contribution >= 0.6 is 12.4 Å². The fourth-order valence-corrected chi connectivity index (χ4v) is 2.36. The maximum atomic E-state index is 14.1. The molecule has 2 nitrogen and oxygen atoms in total. The van der Waals surface area contributed by atoms with Gasteiger partial charge in [-0.05, 0) is 18.6 Å². The molecule has 1 heterocycles. The molecule has 1 atom stereocenters. The van der Waals surface area contributed by atoms with E-state index in [4.69, 9.17) is 0 Å². The van der Waals surface area contributed by atoms with Crippen molar-refractivity contribution >= 4 is 12.4 Å². The highest BCUT2D eigenvalue weighted by Gasteiger charge is 2.25. The third kappa shape index (κ3) is 3.32. The number of piperazine rings is 1. The summed E-state index contributed by atoms with van der Waals surface area (Å²) < 4.78 is 28.0. The summed E-state index contributed by atoms with van der Waals surface area (Å²) in [6, 6.07) is 2.39.